The van der Waals surface area contributed by atoms with E-state index in [4.69, 9.17) is 4.74 Å². The molecule has 0 fully saturated rings. The van der Waals surface area contributed by atoms with Crippen LogP contribution in [0, 0.1) is 31.1 Å². The van der Waals surface area contributed by atoms with Crippen molar-refractivity contribution in [3.63, 3.8) is 0 Å². The van der Waals surface area contributed by atoms with Gasteiger partial charge in [-0.25, -0.2) is 0 Å². The molecule has 0 saturated heterocycles. The predicted molar refractivity (Wildman–Crippen MR) is 90.3 cm³/mol. The van der Waals surface area contributed by atoms with Crippen molar-refractivity contribution in [1.82, 2.24) is 0 Å². The van der Waals surface area contributed by atoms with Gasteiger partial charge in [0, 0.05) is 12.1 Å². The highest BCUT2D eigenvalue weighted by molar-refractivity contribution is 5.95. The molecule has 1 amide bonds. The second kappa shape index (κ2) is 7.46. The van der Waals surface area contributed by atoms with E-state index in [2.05, 4.69) is 11.4 Å². The summed E-state index contributed by atoms with van der Waals surface area (Å²) >= 11 is 0. The molecule has 4 heteroatoms. The third-order valence-corrected chi connectivity index (χ3v) is 3.74. The van der Waals surface area contributed by atoms with Crippen molar-refractivity contribution in [2.24, 2.45) is 5.92 Å². The van der Waals surface area contributed by atoms with E-state index < -0.39 is 5.92 Å². The van der Waals surface area contributed by atoms with Gasteiger partial charge >= 0.3 is 0 Å². The lowest BCUT2D eigenvalue weighted by atomic mass is 9.98. The summed E-state index contributed by atoms with van der Waals surface area (Å²) in [4.78, 5) is 12.4. The molecule has 0 heterocycles. The van der Waals surface area contributed by atoms with Gasteiger partial charge in [0.25, 0.3) is 0 Å². The van der Waals surface area contributed by atoms with Crippen LogP contribution in [-0.4, -0.2) is 13.0 Å². The smallest absolute Gasteiger partial charge is 0.242 e. The van der Waals surface area contributed by atoms with E-state index in [0.29, 0.717) is 12.2 Å². The molecular weight excluding hydrogens is 288 g/mol. The van der Waals surface area contributed by atoms with Crippen LogP contribution in [0.4, 0.5) is 5.69 Å². The number of nitrogens with one attached hydrogen (secondary N) is 1. The number of benzene rings is 2. The molecular formula is C19H20N2O2. The summed E-state index contributed by atoms with van der Waals surface area (Å²) in [6.07, 6.45) is 0.317. The number of para-hydroxylation sites is 1. The maximum atomic E-state index is 12.4. The lowest BCUT2D eigenvalue weighted by molar-refractivity contribution is -0.118. The zero-order valence-corrected chi connectivity index (χ0v) is 13.6. The molecule has 118 valence electrons. The normalized spacial score (nSPS) is 11.4. The topological polar surface area (TPSA) is 62.1 Å². The molecule has 1 atom stereocenters. The van der Waals surface area contributed by atoms with Crippen LogP contribution in [0.2, 0.25) is 0 Å². The maximum Gasteiger partial charge on any atom is 0.242 e. The van der Waals surface area contributed by atoms with Gasteiger partial charge in [-0.3, -0.25) is 4.79 Å². The summed E-state index contributed by atoms with van der Waals surface area (Å²) in [6, 6.07) is 15.4. The maximum absolute atomic E-state index is 12.4. The molecule has 0 radical (unpaired) electrons. The number of aryl methyl sites for hydroxylation is 2. The molecule has 1 N–H and O–H groups in total. The summed E-state index contributed by atoms with van der Waals surface area (Å²) in [5.74, 6) is -0.384. The first kappa shape index (κ1) is 16.6. The van der Waals surface area contributed by atoms with Crippen LogP contribution >= 0.6 is 0 Å². The van der Waals surface area contributed by atoms with Gasteiger partial charge in [-0.1, -0.05) is 30.3 Å². The molecule has 0 spiro atoms. The number of carbonyl (C=O) groups excluding carboxylic acids is 1. The van der Waals surface area contributed by atoms with Crippen LogP contribution in [0.25, 0.3) is 0 Å². The Morgan fingerprint density at radius 1 is 1.26 bits per heavy atom. The monoisotopic (exact) mass is 308 g/mol. The van der Waals surface area contributed by atoms with Gasteiger partial charge in [0.2, 0.25) is 5.91 Å². The number of hydrogen-bond acceptors (Lipinski definition) is 3. The molecule has 0 bridgehead atoms. The van der Waals surface area contributed by atoms with Crippen LogP contribution in [0.3, 0.4) is 0 Å². The predicted octanol–water partition coefficient (Wildman–Crippen LogP) is 3.63. The van der Waals surface area contributed by atoms with E-state index in [9.17, 15) is 10.1 Å². The number of hydrogen-bond donors (Lipinski definition) is 1. The van der Waals surface area contributed by atoms with E-state index in [1.807, 2.05) is 56.3 Å². The first-order chi connectivity index (χ1) is 11.0. The summed E-state index contributed by atoms with van der Waals surface area (Å²) < 4.78 is 5.28. The van der Waals surface area contributed by atoms with Gasteiger partial charge in [-0.15, -0.1) is 0 Å². The number of anilines is 1. The number of nitriles is 1. The second-order valence-corrected chi connectivity index (χ2v) is 5.51. The zero-order chi connectivity index (χ0) is 16.8. The number of nitrogens with zero attached hydrogens (tertiary/aromatic N) is 1. The minimum atomic E-state index is -0.772. The van der Waals surface area contributed by atoms with E-state index >= 15 is 0 Å². The van der Waals surface area contributed by atoms with Gasteiger partial charge in [0.1, 0.15) is 11.7 Å². The van der Waals surface area contributed by atoms with Crippen LogP contribution < -0.4 is 10.1 Å². The average molecular weight is 308 g/mol. The fourth-order valence-electron chi connectivity index (χ4n) is 2.38. The largest absolute Gasteiger partial charge is 0.496 e. The van der Waals surface area contributed by atoms with Gasteiger partial charge in [-0.05, 0) is 42.7 Å². The Bertz CT molecular complexity index is 747. The lowest BCUT2D eigenvalue weighted by Gasteiger charge is -2.14. The van der Waals surface area contributed by atoms with Crippen LogP contribution in [-0.2, 0) is 11.2 Å². The first-order valence-electron chi connectivity index (χ1n) is 7.44. The highest BCUT2D eigenvalue weighted by Crippen LogP contribution is 2.22. The average Bonchev–Trinajstić information content (AvgIpc) is 2.56. The van der Waals surface area contributed by atoms with E-state index in [1.165, 1.54) is 0 Å². The molecule has 0 aliphatic rings. The first-order valence-corrected chi connectivity index (χ1v) is 7.44. The highest BCUT2D eigenvalue weighted by Gasteiger charge is 2.20. The van der Waals surface area contributed by atoms with Crippen LogP contribution in [0.1, 0.15) is 16.7 Å². The Kier molecular flexibility index (Phi) is 5.37. The minimum absolute atomic E-state index is 0.299. The Labute approximate surface area is 136 Å². The van der Waals surface area contributed by atoms with Gasteiger partial charge < -0.3 is 10.1 Å². The van der Waals surface area contributed by atoms with Crippen LogP contribution in [0.15, 0.2) is 42.5 Å². The molecule has 2 rings (SSSR count). The zero-order valence-electron chi connectivity index (χ0n) is 13.6. The Hall–Kier alpha value is -2.80. The summed E-state index contributed by atoms with van der Waals surface area (Å²) in [5.41, 5.74) is 3.62. The Morgan fingerprint density at radius 2 is 2.00 bits per heavy atom. The molecule has 0 aliphatic carbocycles. The van der Waals surface area contributed by atoms with E-state index in [0.717, 1.165) is 22.4 Å². The standard InChI is InChI=1S/C19H20N2O2/c1-13-8-9-14(2)17(10-13)21-19(22)16(12-20)11-15-6-4-5-7-18(15)23-3/h4-10,16H,11H2,1-3H3,(H,21,22). The van der Waals surface area contributed by atoms with Crippen molar-refractivity contribution in [3.8, 4) is 11.8 Å². The summed E-state index contributed by atoms with van der Waals surface area (Å²) in [5, 5.41) is 12.2. The molecule has 0 aliphatic heterocycles. The van der Waals surface area contributed by atoms with Crippen molar-refractivity contribution in [2.75, 3.05) is 12.4 Å². The second-order valence-electron chi connectivity index (χ2n) is 5.51. The molecule has 1 unspecified atom stereocenters. The molecule has 4 nitrogen and oxygen atoms in total. The fraction of sp³-hybridized carbons (Fsp3) is 0.263. The van der Waals surface area contributed by atoms with E-state index in [-0.39, 0.29) is 5.91 Å². The quantitative estimate of drug-likeness (QED) is 0.917. The van der Waals surface area contributed by atoms with Crippen LogP contribution in [0.5, 0.6) is 5.75 Å². The van der Waals surface area contributed by atoms with Crippen molar-refractivity contribution in [3.05, 3.63) is 59.2 Å². The third-order valence-electron chi connectivity index (χ3n) is 3.74. The van der Waals surface area contributed by atoms with Gasteiger partial charge in [-0.2, -0.15) is 5.26 Å². The van der Waals surface area contributed by atoms with Crippen molar-refractivity contribution >= 4 is 11.6 Å². The number of ether oxygens (including phenoxy) is 1. The molecule has 2 aromatic rings. The van der Waals surface area contributed by atoms with Crippen molar-refractivity contribution < 1.29 is 9.53 Å². The highest BCUT2D eigenvalue weighted by atomic mass is 16.5. The number of amides is 1. The van der Waals surface area contributed by atoms with E-state index in [1.54, 1.807) is 7.11 Å². The molecule has 2 aromatic carbocycles. The number of rotatable bonds is 5. The minimum Gasteiger partial charge on any atom is -0.496 e. The van der Waals surface area contributed by atoms with Crippen molar-refractivity contribution in [1.29, 1.82) is 5.26 Å². The molecule has 23 heavy (non-hydrogen) atoms. The number of carbonyl (C=O) groups is 1. The Morgan fingerprint density at radius 3 is 2.70 bits per heavy atom. The summed E-state index contributed by atoms with van der Waals surface area (Å²) in [7, 11) is 1.58. The van der Waals surface area contributed by atoms with Gasteiger partial charge in [0.15, 0.2) is 0 Å². The third kappa shape index (κ3) is 4.10. The molecule has 0 aromatic heterocycles. The fourth-order valence-corrected chi connectivity index (χ4v) is 2.38. The number of methoxy groups -OCH3 is 1. The molecule has 0 saturated carbocycles. The SMILES string of the molecule is COc1ccccc1CC(C#N)C(=O)Nc1cc(C)ccc1C. The lowest BCUT2D eigenvalue weighted by Crippen LogP contribution is -2.24. The summed E-state index contributed by atoms with van der Waals surface area (Å²) in [6.45, 7) is 3.89. The Balaban J connectivity index is 2.16. The van der Waals surface area contributed by atoms with Gasteiger partial charge in [0.05, 0.1) is 13.2 Å². The van der Waals surface area contributed by atoms with Crippen molar-refractivity contribution in [2.45, 2.75) is 20.3 Å².